The number of nitrogens with one attached hydrogen (secondary N) is 2. The minimum absolute atomic E-state index is 0.187. The number of amidine groups is 1. The van der Waals surface area contributed by atoms with Crippen molar-refractivity contribution in [3.63, 3.8) is 0 Å². The lowest BCUT2D eigenvalue weighted by Gasteiger charge is -2.37. The first-order chi connectivity index (χ1) is 15.2. The number of rotatable bonds is 5. The molecular weight excluding hydrogens is 397 g/mol. The fourth-order valence-electron chi connectivity index (χ4n) is 4.20. The maximum Gasteiger partial charge on any atom is 0.264 e. The first-order valence-electron chi connectivity index (χ1n) is 10.4. The Labute approximate surface area is 178 Å². The van der Waals surface area contributed by atoms with Crippen LogP contribution in [-0.4, -0.2) is 43.8 Å². The Balaban J connectivity index is 1.60. The number of fused-ring (bicyclic) bond motifs is 2. The van der Waals surface area contributed by atoms with E-state index in [2.05, 4.69) is 25.3 Å². The molecule has 0 radical (unpaired) electrons. The molecule has 0 fully saturated rings. The summed E-state index contributed by atoms with van der Waals surface area (Å²) in [7, 11) is 0. The van der Waals surface area contributed by atoms with Crippen molar-refractivity contribution in [3.8, 4) is 0 Å². The van der Waals surface area contributed by atoms with Crippen molar-refractivity contribution < 1.29 is 9.18 Å². The number of carbonyl (C=O) groups is 1. The fraction of sp³-hybridized carbons (Fsp3) is 0.318. The monoisotopic (exact) mass is 419 g/mol. The van der Waals surface area contributed by atoms with Gasteiger partial charge in [0.25, 0.3) is 5.91 Å². The molecule has 5 rings (SSSR count). The number of aromatic amines is 1. The van der Waals surface area contributed by atoms with Crippen LogP contribution in [0.25, 0.3) is 11.2 Å². The van der Waals surface area contributed by atoms with Crippen molar-refractivity contribution in [2.24, 2.45) is 4.99 Å². The van der Waals surface area contributed by atoms with Crippen LogP contribution in [0.3, 0.4) is 0 Å². The Kier molecular flexibility index (Phi) is 4.93. The third-order valence-corrected chi connectivity index (χ3v) is 5.72. The van der Waals surface area contributed by atoms with Gasteiger partial charge in [-0.15, -0.1) is 0 Å². The van der Waals surface area contributed by atoms with Gasteiger partial charge in [-0.3, -0.25) is 14.7 Å². The van der Waals surface area contributed by atoms with Gasteiger partial charge in [-0.2, -0.15) is 0 Å². The number of hydrogen-bond donors (Lipinski definition) is 2. The molecule has 3 heterocycles. The van der Waals surface area contributed by atoms with Crippen LogP contribution in [0.1, 0.15) is 32.6 Å². The highest BCUT2D eigenvalue weighted by molar-refractivity contribution is 6.26. The lowest BCUT2D eigenvalue weighted by Crippen LogP contribution is -2.52. The van der Waals surface area contributed by atoms with Crippen LogP contribution in [0.15, 0.2) is 59.4 Å². The second kappa shape index (κ2) is 7.90. The normalized spacial score (nSPS) is 19.9. The summed E-state index contributed by atoms with van der Waals surface area (Å²) in [6.07, 6.45) is 5.28. The molecule has 0 saturated carbocycles. The van der Waals surface area contributed by atoms with Gasteiger partial charge in [0.15, 0.2) is 11.5 Å². The molecule has 9 heteroatoms. The van der Waals surface area contributed by atoms with Crippen molar-refractivity contribution in [1.29, 1.82) is 0 Å². The predicted octanol–water partition coefficient (Wildman–Crippen LogP) is 3.76. The SMILES string of the molecule is CC[C@H](Nc1ncnc2nc[nH]c12)C1=NC2CCCC(F)=C2C(=O)N1c1ccccc1. The molecule has 1 unspecified atom stereocenters. The first-order valence-corrected chi connectivity index (χ1v) is 10.4. The van der Waals surface area contributed by atoms with E-state index in [9.17, 15) is 9.18 Å². The van der Waals surface area contributed by atoms with Gasteiger partial charge >= 0.3 is 0 Å². The number of anilines is 2. The Morgan fingerprint density at radius 1 is 1.26 bits per heavy atom. The van der Waals surface area contributed by atoms with Gasteiger partial charge in [-0.05, 0) is 37.8 Å². The molecule has 2 aliphatic rings. The minimum atomic E-state index is -0.454. The van der Waals surface area contributed by atoms with Crippen molar-refractivity contribution in [2.75, 3.05) is 10.2 Å². The number of amides is 1. The molecule has 31 heavy (non-hydrogen) atoms. The number of allylic oxidation sites excluding steroid dienone is 1. The highest BCUT2D eigenvalue weighted by Crippen LogP contribution is 2.35. The molecule has 1 aliphatic heterocycles. The fourth-order valence-corrected chi connectivity index (χ4v) is 4.20. The van der Waals surface area contributed by atoms with E-state index in [4.69, 9.17) is 4.99 Å². The molecule has 158 valence electrons. The maximum absolute atomic E-state index is 14.7. The zero-order chi connectivity index (χ0) is 21.4. The van der Waals surface area contributed by atoms with Gasteiger partial charge < -0.3 is 10.3 Å². The zero-order valence-electron chi connectivity index (χ0n) is 17.0. The van der Waals surface area contributed by atoms with Gasteiger partial charge in [0.05, 0.1) is 29.7 Å². The second-order valence-electron chi connectivity index (χ2n) is 7.62. The summed E-state index contributed by atoms with van der Waals surface area (Å²) in [6, 6.07) is 8.47. The smallest absolute Gasteiger partial charge is 0.264 e. The van der Waals surface area contributed by atoms with Crippen LogP contribution >= 0.6 is 0 Å². The number of aliphatic imine (C=N–C) groups is 1. The minimum Gasteiger partial charge on any atom is -0.358 e. The summed E-state index contributed by atoms with van der Waals surface area (Å²) in [6.45, 7) is 2.01. The van der Waals surface area contributed by atoms with E-state index in [1.807, 2.05) is 37.3 Å². The van der Waals surface area contributed by atoms with E-state index in [1.165, 1.54) is 11.2 Å². The molecule has 8 nitrogen and oxygen atoms in total. The summed E-state index contributed by atoms with van der Waals surface area (Å²) in [4.78, 5) is 35.6. The lowest BCUT2D eigenvalue weighted by molar-refractivity contribution is -0.115. The van der Waals surface area contributed by atoms with Crippen LogP contribution in [0.4, 0.5) is 15.9 Å². The summed E-state index contributed by atoms with van der Waals surface area (Å²) in [5, 5.41) is 3.40. The van der Waals surface area contributed by atoms with Gasteiger partial charge in [-0.1, -0.05) is 25.1 Å². The van der Waals surface area contributed by atoms with Crippen molar-refractivity contribution in [3.05, 3.63) is 54.4 Å². The zero-order valence-corrected chi connectivity index (χ0v) is 17.0. The average Bonchev–Trinajstić information content (AvgIpc) is 3.27. The molecule has 2 aromatic heterocycles. The van der Waals surface area contributed by atoms with E-state index in [-0.39, 0.29) is 23.3 Å². The van der Waals surface area contributed by atoms with E-state index in [0.717, 1.165) is 0 Å². The van der Waals surface area contributed by atoms with Gasteiger partial charge in [-0.25, -0.2) is 19.3 Å². The van der Waals surface area contributed by atoms with Gasteiger partial charge in [0.2, 0.25) is 0 Å². The number of para-hydroxylation sites is 1. The molecule has 2 N–H and O–H groups in total. The van der Waals surface area contributed by atoms with Crippen molar-refractivity contribution in [1.82, 2.24) is 19.9 Å². The number of benzene rings is 1. The molecular formula is C22H22FN7O. The largest absolute Gasteiger partial charge is 0.358 e. The van der Waals surface area contributed by atoms with E-state index >= 15 is 0 Å². The molecule has 3 aromatic rings. The number of aromatic nitrogens is 4. The number of halogens is 1. The average molecular weight is 419 g/mol. The Hall–Kier alpha value is -3.62. The Bertz CT molecular complexity index is 1190. The second-order valence-corrected chi connectivity index (χ2v) is 7.62. The van der Waals surface area contributed by atoms with Gasteiger partial charge in [0.1, 0.15) is 23.5 Å². The van der Waals surface area contributed by atoms with Gasteiger partial charge in [0, 0.05) is 0 Å². The molecule has 0 saturated heterocycles. The van der Waals surface area contributed by atoms with E-state index < -0.39 is 6.04 Å². The van der Waals surface area contributed by atoms with Crippen LogP contribution in [0.2, 0.25) is 0 Å². The molecule has 1 amide bonds. The molecule has 2 atom stereocenters. The standard InChI is InChI=1S/C22H22FN7O/c1-2-15(28-20-18-19(25-11-24-18)26-12-27-20)21-29-16-10-6-9-14(23)17(16)22(31)30(21)13-7-4-3-5-8-13/h3-5,7-8,11-12,15-16H,2,6,9-10H2,1H3,(H2,24,25,26,27,28)/t15-,16?/m0/s1. The summed E-state index contributed by atoms with van der Waals surface area (Å²) >= 11 is 0. The number of hydrogen-bond acceptors (Lipinski definition) is 6. The highest BCUT2D eigenvalue weighted by Gasteiger charge is 2.40. The quantitative estimate of drug-likeness (QED) is 0.656. The van der Waals surface area contributed by atoms with Crippen molar-refractivity contribution >= 4 is 34.4 Å². The summed E-state index contributed by atoms with van der Waals surface area (Å²) in [5.41, 5.74) is 2.07. The number of imidazole rings is 1. The summed E-state index contributed by atoms with van der Waals surface area (Å²) < 4.78 is 14.7. The van der Waals surface area contributed by atoms with Crippen LogP contribution in [0, 0.1) is 0 Å². The molecule has 1 aromatic carbocycles. The van der Waals surface area contributed by atoms with Crippen LogP contribution < -0.4 is 10.2 Å². The molecule has 0 bridgehead atoms. The number of carbonyl (C=O) groups excluding carboxylic acids is 1. The highest BCUT2D eigenvalue weighted by atomic mass is 19.1. The first kappa shape index (κ1) is 19.3. The maximum atomic E-state index is 14.7. The Morgan fingerprint density at radius 2 is 2.10 bits per heavy atom. The van der Waals surface area contributed by atoms with Crippen LogP contribution in [-0.2, 0) is 4.79 Å². The number of H-pyrrole nitrogens is 1. The molecule has 1 aliphatic carbocycles. The topological polar surface area (TPSA) is 99.2 Å². The molecule has 0 spiro atoms. The lowest BCUT2D eigenvalue weighted by atomic mass is 9.90. The number of nitrogens with zero attached hydrogens (tertiary/aromatic N) is 5. The third kappa shape index (κ3) is 3.35. The third-order valence-electron chi connectivity index (χ3n) is 5.72. The predicted molar refractivity (Wildman–Crippen MR) is 117 cm³/mol. The van der Waals surface area contributed by atoms with E-state index in [0.29, 0.717) is 54.2 Å². The van der Waals surface area contributed by atoms with Crippen molar-refractivity contribution in [2.45, 2.75) is 44.7 Å². The van der Waals surface area contributed by atoms with E-state index in [1.54, 1.807) is 6.33 Å². The van der Waals surface area contributed by atoms with Crippen LogP contribution in [0.5, 0.6) is 0 Å². The summed E-state index contributed by atoms with van der Waals surface area (Å²) in [5.74, 6) is 0.455. The Morgan fingerprint density at radius 3 is 2.90 bits per heavy atom.